The molecule has 2 atom stereocenters. The van der Waals surface area contributed by atoms with Crippen LogP contribution in [0, 0.1) is 0 Å². The highest BCUT2D eigenvalue weighted by molar-refractivity contribution is 7.47. The first kappa shape index (κ1) is 88.1. The van der Waals surface area contributed by atoms with Crippen molar-refractivity contribution >= 4 is 19.8 Å². The Kier molecular flexibility index (Phi) is 72.1. The van der Waals surface area contributed by atoms with E-state index in [2.05, 4.69) is 196 Å². The molecule has 0 aliphatic carbocycles. The SMILES string of the molecule is CC/C=C\C/C=C\C/C=C\C/C=C\C/C=C\C/C=C\C/C=C\C/C=C\CCCCCCCCC(=O)OC(COC(=O)CCCCCCCCCCCCCCCCCCCCC/C=C\C/C=C\C/C=C\C/C=C\C/C=C\C/C=C\C/C=C\CC)COP(=O)(O)OCCN. The molecule has 0 aromatic carbocycles. The van der Waals surface area contributed by atoms with Crippen LogP contribution in [-0.4, -0.2) is 49.3 Å². The zero-order valence-electron chi connectivity index (χ0n) is 59.2. The lowest BCUT2D eigenvalue weighted by molar-refractivity contribution is -0.161. The van der Waals surface area contributed by atoms with Crippen LogP contribution < -0.4 is 5.73 Å². The summed E-state index contributed by atoms with van der Waals surface area (Å²) >= 11 is 0. The second-order valence-electron chi connectivity index (χ2n) is 24.0. The fourth-order valence-electron chi connectivity index (χ4n) is 9.87. The third-order valence-corrected chi connectivity index (χ3v) is 16.3. The molecular formula is C83H136NO8P. The lowest BCUT2D eigenvalue weighted by Gasteiger charge is -2.19. The third-order valence-electron chi connectivity index (χ3n) is 15.3. The van der Waals surface area contributed by atoms with Gasteiger partial charge < -0.3 is 20.1 Å². The van der Waals surface area contributed by atoms with E-state index in [1.807, 2.05) is 0 Å². The summed E-state index contributed by atoms with van der Waals surface area (Å²) in [5.74, 6) is -0.848. The highest BCUT2D eigenvalue weighted by atomic mass is 31.2. The van der Waals surface area contributed by atoms with Gasteiger partial charge in [0.25, 0.3) is 0 Å². The van der Waals surface area contributed by atoms with Crippen LogP contribution in [0.5, 0.6) is 0 Å². The number of hydrogen-bond donors (Lipinski definition) is 2. The smallest absolute Gasteiger partial charge is 0.462 e. The normalized spacial score (nSPS) is 14.0. The highest BCUT2D eigenvalue weighted by Crippen LogP contribution is 2.43. The van der Waals surface area contributed by atoms with Crippen molar-refractivity contribution in [3.8, 4) is 0 Å². The molecule has 0 bridgehead atoms. The predicted molar refractivity (Wildman–Crippen MR) is 403 cm³/mol. The first-order chi connectivity index (χ1) is 45.8. The van der Waals surface area contributed by atoms with E-state index in [-0.39, 0.29) is 38.6 Å². The third kappa shape index (κ3) is 76.0. The predicted octanol–water partition coefficient (Wildman–Crippen LogP) is 25.1. The van der Waals surface area contributed by atoms with Gasteiger partial charge in [0.1, 0.15) is 6.61 Å². The molecule has 9 nitrogen and oxygen atoms in total. The molecule has 0 spiro atoms. The van der Waals surface area contributed by atoms with E-state index in [1.165, 1.54) is 109 Å². The van der Waals surface area contributed by atoms with Crippen LogP contribution in [-0.2, 0) is 32.7 Å². The largest absolute Gasteiger partial charge is 0.472 e. The Balaban J connectivity index is 3.91. The summed E-state index contributed by atoms with van der Waals surface area (Å²) in [4.78, 5) is 35.4. The Hall–Kier alpha value is -4.89. The van der Waals surface area contributed by atoms with E-state index < -0.39 is 26.5 Å². The number of hydrogen-bond acceptors (Lipinski definition) is 8. The summed E-state index contributed by atoms with van der Waals surface area (Å²) in [6.45, 7) is 3.50. The van der Waals surface area contributed by atoms with Crippen molar-refractivity contribution in [2.45, 2.75) is 302 Å². The second kappa shape index (κ2) is 76.1. The Bertz CT molecular complexity index is 2180. The zero-order valence-corrected chi connectivity index (χ0v) is 60.1. The first-order valence-electron chi connectivity index (χ1n) is 37.3. The lowest BCUT2D eigenvalue weighted by atomic mass is 10.0. The fraction of sp³-hybridized carbons (Fsp3) is 0.614. The van der Waals surface area contributed by atoms with Crippen LogP contribution in [0.4, 0.5) is 0 Å². The summed E-state index contributed by atoms with van der Waals surface area (Å²) in [7, 11) is -4.41. The lowest BCUT2D eigenvalue weighted by Crippen LogP contribution is -2.29. The molecule has 0 saturated carbocycles. The van der Waals surface area contributed by atoms with Gasteiger partial charge in [-0.05, 0) is 135 Å². The van der Waals surface area contributed by atoms with Gasteiger partial charge in [-0.15, -0.1) is 0 Å². The van der Waals surface area contributed by atoms with Crippen LogP contribution in [0.25, 0.3) is 0 Å². The number of unbranched alkanes of at least 4 members (excludes halogenated alkanes) is 25. The Morgan fingerprint density at radius 1 is 0.323 bits per heavy atom. The van der Waals surface area contributed by atoms with E-state index in [9.17, 15) is 19.0 Å². The van der Waals surface area contributed by atoms with Gasteiger partial charge in [0, 0.05) is 19.4 Å². The summed E-state index contributed by atoms with van der Waals surface area (Å²) in [6, 6.07) is 0. The molecule has 526 valence electrons. The number of esters is 2. The highest BCUT2D eigenvalue weighted by Gasteiger charge is 2.26. The monoisotopic (exact) mass is 1310 g/mol. The standard InChI is InChI=1S/C83H136NO8P/c1-3-5-7-9-11-13-15-17-19-21-23-25-27-29-31-33-35-36-37-38-39-40-41-42-43-44-46-47-49-51-53-55-57-59-61-63-65-67-69-71-73-75-82(85)89-79-81(80-91-93(87,88)90-78-77-84)92-83(86)76-74-72-70-68-66-64-62-60-58-56-54-52-50-48-45-34-32-30-28-26-24-22-20-18-16-14-12-10-8-6-4-2/h5-8,11-14,17-20,23-26,29-32,35-36,38-39,45,48,52,54,58,60,81H,3-4,9-10,15-16,21-22,27-28,33-34,37,40-44,46-47,49-51,53,55-57,59,61-80,84H2,1-2H3,(H,87,88)/b7-5-,8-6-,13-11-,14-12-,19-17-,20-18-,25-23-,26-24-,31-29-,32-30-,36-35-,39-38-,48-45-,54-52-,60-58-. The molecule has 0 amide bonds. The van der Waals surface area contributed by atoms with Crippen molar-refractivity contribution in [1.82, 2.24) is 0 Å². The molecular weight excluding hydrogens is 1170 g/mol. The average Bonchev–Trinajstić information content (AvgIpc) is 3.70. The van der Waals surface area contributed by atoms with Crippen LogP contribution in [0.1, 0.15) is 296 Å². The molecule has 0 aromatic rings. The Morgan fingerprint density at radius 2 is 0.559 bits per heavy atom. The number of phosphoric acid groups is 1. The minimum absolute atomic E-state index is 0.0432. The van der Waals surface area contributed by atoms with E-state index in [0.29, 0.717) is 6.42 Å². The summed E-state index contributed by atoms with van der Waals surface area (Å²) in [5.41, 5.74) is 5.41. The van der Waals surface area contributed by atoms with Gasteiger partial charge in [0.15, 0.2) is 6.10 Å². The number of carbonyl (C=O) groups is 2. The van der Waals surface area contributed by atoms with Crippen molar-refractivity contribution in [1.29, 1.82) is 0 Å². The van der Waals surface area contributed by atoms with Gasteiger partial charge in [-0.2, -0.15) is 0 Å². The second-order valence-corrected chi connectivity index (χ2v) is 25.5. The van der Waals surface area contributed by atoms with Gasteiger partial charge in [0.2, 0.25) is 0 Å². The molecule has 0 fully saturated rings. The van der Waals surface area contributed by atoms with Crippen LogP contribution in [0.3, 0.4) is 0 Å². The van der Waals surface area contributed by atoms with Gasteiger partial charge in [-0.25, -0.2) is 4.57 Å². The number of carbonyl (C=O) groups excluding carboxylic acids is 2. The average molecular weight is 1310 g/mol. The van der Waals surface area contributed by atoms with Crippen LogP contribution >= 0.6 is 7.82 Å². The minimum atomic E-state index is -4.41. The number of nitrogens with two attached hydrogens (primary N) is 1. The molecule has 3 N–H and O–H groups in total. The van der Waals surface area contributed by atoms with Gasteiger partial charge in [0.05, 0.1) is 13.2 Å². The maximum atomic E-state index is 12.8. The zero-order chi connectivity index (χ0) is 67.2. The topological polar surface area (TPSA) is 134 Å². The van der Waals surface area contributed by atoms with Gasteiger partial charge >= 0.3 is 19.8 Å². The van der Waals surface area contributed by atoms with Crippen molar-refractivity contribution in [2.24, 2.45) is 5.73 Å². The molecule has 93 heavy (non-hydrogen) atoms. The molecule has 0 aromatic heterocycles. The summed E-state index contributed by atoms with van der Waals surface area (Å²) in [5, 5.41) is 0. The van der Waals surface area contributed by atoms with E-state index in [0.717, 1.165) is 154 Å². The molecule has 0 radical (unpaired) electrons. The van der Waals surface area contributed by atoms with Crippen LogP contribution in [0.15, 0.2) is 182 Å². The summed E-state index contributed by atoms with van der Waals surface area (Å²) in [6.07, 6.45) is 114. The van der Waals surface area contributed by atoms with Crippen molar-refractivity contribution in [3.05, 3.63) is 182 Å². The summed E-state index contributed by atoms with van der Waals surface area (Å²) < 4.78 is 33.2. The van der Waals surface area contributed by atoms with Crippen molar-refractivity contribution in [3.63, 3.8) is 0 Å². The molecule has 0 aliphatic rings. The maximum Gasteiger partial charge on any atom is 0.472 e. The van der Waals surface area contributed by atoms with E-state index >= 15 is 0 Å². The number of rotatable bonds is 68. The van der Waals surface area contributed by atoms with Crippen molar-refractivity contribution < 1.29 is 37.6 Å². The quantitative estimate of drug-likeness (QED) is 0.0264. The number of ether oxygens (including phenoxy) is 2. The molecule has 0 heterocycles. The first-order valence-corrected chi connectivity index (χ1v) is 38.8. The van der Waals surface area contributed by atoms with E-state index in [1.54, 1.807) is 0 Å². The Labute approximate surface area is 571 Å². The fourth-order valence-corrected chi connectivity index (χ4v) is 10.6. The number of allylic oxidation sites excluding steroid dienone is 30. The maximum absolute atomic E-state index is 12.8. The van der Waals surface area contributed by atoms with Crippen molar-refractivity contribution in [2.75, 3.05) is 26.4 Å². The molecule has 10 heteroatoms. The molecule has 0 aliphatic heterocycles. The molecule has 0 rings (SSSR count). The Morgan fingerprint density at radius 3 is 0.828 bits per heavy atom. The van der Waals surface area contributed by atoms with Crippen LogP contribution in [0.2, 0.25) is 0 Å². The molecule has 2 unspecified atom stereocenters. The molecule has 0 saturated heterocycles. The van der Waals surface area contributed by atoms with Gasteiger partial charge in [-0.3, -0.25) is 18.6 Å². The number of phosphoric ester groups is 1. The minimum Gasteiger partial charge on any atom is -0.462 e. The van der Waals surface area contributed by atoms with E-state index in [4.69, 9.17) is 24.3 Å². The van der Waals surface area contributed by atoms with Gasteiger partial charge in [-0.1, -0.05) is 331 Å².